The lowest BCUT2D eigenvalue weighted by Crippen LogP contribution is -3.00. The molecule has 1 saturated heterocycles. The van der Waals surface area contributed by atoms with Crippen molar-refractivity contribution < 1.29 is 41.8 Å². The predicted molar refractivity (Wildman–Crippen MR) is 137 cm³/mol. The zero-order chi connectivity index (χ0) is 24.6. The standard InChI is InChI=1S/C27H25ClN3O3S.HI/c1-29-13-3-2-4-26(29)20-5-7-21(8-6-20)27(32)30-14-16-31(17-15-30)35(33,34)25-12-10-22-18-24(28)11-9-23(22)19-25;/h2-13,18-19H,14-17H2,1H3;1H/q+1;/p-1. The van der Waals surface area contributed by atoms with Gasteiger partial charge in [0.05, 0.1) is 4.90 Å². The number of hydrogen-bond donors (Lipinski definition) is 0. The summed E-state index contributed by atoms with van der Waals surface area (Å²) < 4.78 is 30.0. The van der Waals surface area contributed by atoms with E-state index in [1.807, 2.05) is 72.4 Å². The van der Waals surface area contributed by atoms with E-state index in [-0.39, 0.29) is 47.9 Å². The molecule has 0 radical (unpaired) electrons. The maximum atomic E-state index is 13.2. The van der Waals surface area contributed by atoms with Crippen LogP contribution >= 0.6 is 11.6 Å². The average Bonchev–Trinajstić information content (AvgIpc) is 2.88. The highest BCUT2D eigenvalue weighted by atomic mass is 127. The SMILES string of the molecule is C[n+]1ccccc1-c1ccc(C(=O)N2CCN(S(=O)(=O)c3ccc4cc(Cl)ccc4c3)CC2)cc1.[I-]. The van der Waals surface area contributed by atoms with Crippen molar-refractivity contribution in [3.8, 4) is 11.3 Å². The number of sulfonamides is 1. The first-order valence-corrected chi connectivity index (χ1v) is 13.2. The lowest BCUT2D eigenvalue weighted by molar-refractivity contribution is -0.660. The molecule has 0 atom stereocenters. The van der Waals surface area contributed by atoms with Crippen LogP contribution in [0.25, 0.3) is 22.0 Å². The zero-order valence-corrected chi connectivity index (χ0v) is 23.4. The van der Waals surface area contributed by atoms with Crippen LogP contribution in [-0.2, 0) is 17.1 Å². The van der Waals surface area contributed by atoms with Gasteiger partial charge in [0.15, 0.2) is 6.20 Å². The molecule has 186 valence electrons. The molecule has 1 aliphatic heterocycles. The van der Waals surface area contributed by atoms with Gasteiger partial charge in [-0.3, -0.25) is 4.79 Å². The van der Waals surface area contributed by atoms with Gasteiger partial charge in [-0.2, -0.15) is 4.31 Å². The lowest BCUT2D eigenvalue weighted by Gasteiger charge is -2.34. The van der Waals surface area contributed by atoms with E-state index < -0.39 is 10.0 Å². The number of hydrogen-bond acceptors (Lipinski definition) is 3. The maximum Gasteiger partial charge on any atom is 0.253 e. The molecule has 3 aromatic carbocycles. The molecule has 36 heavy (non-hydrogen) atoms. The van der Waals surface area contributed by atoms with E-state index in [0.717, 1.165) is 22.0 Å². The largest absolute Gasteiger partial charge is 1.00 e. The Morgan fingerprint density at radius 2 is 1.53 bits per heavy atom. The minimum Gasteiger partial charge on any atom is -1.00 e. The van der Waals surface area contributed by atoms with Crippen LogP contribution < -0.4 is 28.5 Å². The molecule has 1 fully saturated rings. The maximum absolute atomic E-state index is 13.2. The Balaban J connectivity index is 0.00000304. The normalized spacial score (nSPS) is 14.4. The van der Waals surface area contributed by atoms with Crippen LogP contribution in [0.5, 0.6) is 0 Å². The van der Waals surface area contributed by atoms with E-state index in [9.17, 15) is 13.2 Å². The van der Waals surface area contributed by atoms with E-state index >= 15 is 0 Å². The zero-order valence-electron chi connectivity index (χ0n) is 19.6. The minimum absolute atomic E-state index is 0. The number of fused-ring (bicyclic) bond motifs is 1. The van der Waals surface area contributed by atoms with Crippen molar-refractivity contribution in [1.29, 1.82) is 0 Å². The number of aryl methyl sites for hydroxylation is 1. The van der Waals surface area contributed by atoms with Crippen LogP contribution in [0.1, 0.15) is 10.4 Å². The van der Waals surface area contributed by atoms with E-state index in [1.54, 1.807) is 29.2 Å². The van der Waals surface area contributed by atoms with Crippen LogP contribution in [0.4, 0.5) is 0 Å². The Morgan fingerprint density at radius 3 is 2.22 bits per heavy atom. The van der Waals surface area contributed by atoms with Gasteiger partial charge in [0.25, 0.3) is 5.91 Å². The van der Waals surface area contributed by atoms with Gasteiger partial charge < -0.3 is 28.9 Å². The number of pyridine rings is 1. The molecule has 0 saturated carbocycles. The Kier molecular flexibility index (Phi) is 7.99. The second-order valence-electron chi connectivity index (χ2n) is 8.62. The van der Waals surface area contributed by atoms with Crippen LogP contribution in [0.2, 0.25) is 5.02 Å². The second-order valence-corrected chi connectivity index (χ2v) is 11.0. The van der Waals surface area contributed by atoms with Crippen molar-refractivity contribution in [2.75, 3.05) is 26.2 Å². The summed E-state index contributed by atoms with van der Waals surface area (Å²) in [4.78, 5) is 15.0. The molecular formula is C27H25ClIN3O3S. The van der Waals surface area contributed by atoms with E-state index in [4.69, 9.17) is 11.6 Å². The van der Waals surface area contributed by atoms with Crippen molar-refractivity contribution in [2.24, 2.45) is 7.05 Å². The summed E-state index contributed by atoms with van der Waals surface area (Å²) in [7, 11) is -1.68. The smallest absolute Gasteiger partial charge is 0.253 e. The Morgan fingerprint density at radius 1 is 0.861 bits per heavy atom. The third-order valence-corrected chi connectivity index (χ3v) is 8.55. The summed E-state index contributed by atoms with van der Waals surface area (Å²) in [5.74, 6) is -0.0892. The summed E-state index contributed by atoms with van der Waals surface area (Å²) in [6, 6.07) is 23.9. The third kappa shape index (κ3) is 5.27. The molecule has 0 bridgehead atoms. The highest BCUT2D eigenvalue weighted by Crippen LogP contribution is 2.25. The number of piperazine rings is 1. The van der Waals surface area contributed by atoms with Crippen molar-refractivity contribution in [1.82, 2.24) is 9.21 Å². The number of aromatic nitrogens is 1. The number of halogens is 2. The molecule has 6 nitrogen and oxygen atoms in total. The highest BCUT2D eigenvalue weighted by Gasteiger charge is 2.30. The van der Waals surface area contributed by atoms with Gasteiger partial charge in [-0.1, -0.05) is 23.7 Å². The molecule has 0 spiro atoms. The van der Waals surface area contributed by atoms with Crippen LogP contribution in [-0.4, -0.2) is 49.7 Å². The number of carbonyl (C=O) groups excluding carboxylic acids is 1. The molecule has 9 heteroatoms. The predicted octanol–water partition coefficient (Wildman–Crippen LogP) is 1.14. The fourth-order valence-electron chi connectivity index (χ4n) is 4.43. The monoisotopic (exact) mass is 633 g/mol. The molecular weight excluding hydrogens is 609 g/mol. The van der Waals surface area contributed by atoms with Crippen LogP contribution in [0.3, 0.4) is 0 Å². The van der Waals surface area contributed by atoms with Gasteiger partial charge in [0.2, 0.25) is 15.7 Å². The molecule has 2 heterocycles. The Hall–Kier alpha value is -2.53. The van der Waals surface area contributed by atoms with Crippen molar-refractivity contribution in [3.63, 3.8) is 0 Å². The van der Waals surface area contributed by atoms with E-state index in [0.29, 0.717) is 23.7 Å². The van der Waals surface area contributed by atoms with Gasteiger partial charge in [0, 0.05) is 54.5 Å². The number of benzene rings is 3. The average molecular weight is 634 g/mol. The van der Waals surface area contributed by atoms with Gasteiger partial charge in [-0.25, -0.2) is 13.0 Å². The first-order chi connectivity index (χ1) is 16.8. The number of rotatable bonds is 4. The van der Waals surface area contributed by atoms with Crippen molar-refractivity contribution >= 4 is 38.3 Å². The highest BCUT2D eigenvalue weighted by molar-refractivity contribution is 7.89. The third-order valence-electron chi connectivity index (χ3n) is 6.42. The topological polar surface area (TPSA) is 61.6 Å². The van der Waals surface area contributed by atoms with Gasteiger partial charge >= 0.3 is 0 Å². The van der Waals surface area contributed by atoms with E-state index in [2.05, 4.69) is 0 Å². The fraction of sp³-hybridized carbons (Fsp3) is 0.185. The summed E-state index contributed by atoms with van der Waals surface area (Å²) in [6.07, 6.45) is 1.98. The first kappa shape index (κ1) is 26.5. The molecule has 0 aliphatic carbocycles. The molecule has 1 aliphatic rings. The van der Waals surface area contributed by atoms with Crippen LogP contribution in [0.15, 0.2) is 90.0 Å². The number of amides is 1. The summed E-state index contributed by atoms with van der Waals surface area (Å²) in [6.45, 7) is 1.20. The quantitative estimate of drug-likeness (QED) is 0.250. The van der Waals surface area contributed by atoms with Crippen molar-refractivity contribution in [3.05, 3.63) is 95.6 Å². The van der Waals surface area contributed by atoms with Crippen LogP contribution in [0, 0.1) is 0 Å². The molecule has 0 unspecified atom stereocenters. The lowest BCUT2D eigenvalue weighted by atomic mass is 10.1. The van der Waals surface area contributed by atoms with Gasteiger partial charge in [0.1, 0.15) is 7.05 Å². The molecule has 1 amide bonds. The summed E-state index contributed by atoms with van der Waals surface area (Å²) >= 11 is 6.04. The Bertz CT molecular complexity index is 1520. The molecule has 0 N–H and O–H groups in total. The van der Waals surface area contributed by atoms with Crippen molar-refractivity contribution in [2.45, 2.75) is 4.90 Å². The first-order valence-electron chi connectivity index (χ1n) is 11.4. The van der Waals surface area contributed by atoms with Gasteiger partial charge in [-0.15, -0.1) is 0 Å². The second kappa shape index (κ2) is 10.8. The molecule has 5 rings (SSSR count). The van der Waals surface area contributed by atoms with E-state index in [1.165, 1.54) is 4.31 Å². The molecule has 4 aromatic rings. The summed E-state index contributed by atoms with van der Waals surface area (Å²) in [5, 5.41) is 2.31. The molecule has 1 aromatic heterocycles. The number of carbonyl (C=O) groups is 1. The Labute approximate surface area is 233 Å². The minimum atomic E-state index is -3.66. The number of nitrogens with zero attached hydrogens (tertiary/aromatic N) is 3. The van der Waals surface area contributed by atoms with Gasteiger partial charge in [-0.05, 0) is 65.4 Å². The fourth-order valence-corrected chi connectivity index (χ4v) is 6.06. The summed E-state index contributed by atoms with van der Waals surface area (Å²) in [5.41, 5.74) is 2.68.